The van der Waals surface area contributed by atoms with Crippen LogP contribution < -0.4 is 0 Å². The molecular formula is C12H17N3O4. The predicted molar refractivity (Wildman–Crippen MR) is 65.5 cm³/mol. The number of nitrogens with one attached hydrogen (secondary N) is 1. The third kappa shape index (κ3) is 2.60. The Balaban J connectivity index is 2.13. The number of aliphatic hydroxyl groups excluding tert-OH is 1. The van der Waals surface area contributed by atoms with E-state index in [1.54, 1.807) is 6.92 Å². The van der Waals surface area contributed by atoms with Crippen LogP contribution in [-0.4, -0.2) is 55.9 Å². The Morgan fingerprint density at radius 1 is 1.47 bits per heavy atom. The average Bonchev–Trinajstić information content (AvgIpc) is 2.87. The van der Waals surface area contributed by atoms with Crippen molar-refractivity contribution in [1.82, 2.24) is 15.1 Å². The van der Waals surface area contributed by atoms with Crippen molar-refractivity contribution >= 4 is 11.9 Å². The van der Waals surface area contributed by atoms with Crippen LogP contribution in [0.4, 0.5) is 0 Å². The van der Waals surface area contributed by atoms with Gasteiger partial charge in [0.05, 0.1) is 18.2 Å². The van der Waals surface area contributed by atoms with E-state index in [2.05, 4.69) is 10.2 Å². The number of aliphatic carboxylic acids is 1. The molecule has 0 aliphatic carbocycles. The first-order valence-electron chi connectivity index (χ1n) is 6.11. The van der Waals surface area contributed by atoms with Gasteiger partial charge in [0.15, 0.2) is 0 Å². The van der Waals surface area contributed by atoms with Gasteiger partial charge < -0.3 is 15.1 Å². The van der Waals surface area contributed by atoms with Gasteiger partial charge in [-0.1, -0.05) is 0 Å². The molecule has 7 heteroatoms. The number of amides is 1. The predicted octanol–water partition coefficient (Wildman–Crippen LogP) is -0.385. The van der Waals surface area contributed by atoms with Gasteiger partial charge in [-0.15, -0.1) is 0 Å². The third-order valence-corrected chi connectivity index (χ3v) is 3.49. The van der Waals surface area contributed by atoms with Gasteiger partial charge in [-0.2, -0.15) is 5.10 Å². The smallest absolute Gasteiger partial charge is 0.326 e. The van der Waals surface area contributed by atoms with Crippen molar-refractivity contribution < 1.29 is 19.8 Å². The Morgan fingerprint density at radius 3 is 2.68 bits per heavy atom. The lowest BCUT2D eigenvalue weighted by molar-refractivity contribution is -0.148. The molecule has 2 atom stereocenters. The normalized spacial score (nSPS) is 22.8. The van der Waals surface area contributed by atoms with Crippen LogP contribution in [0.2, 0.25) is 0 Å². The third-order valence-electron chi connectivity index (χ3n) is 3.49. The van der Waals surface area contributed by atoms with E-state index >= 15 is 0 Å². The van der Waals surface area contributed by atoms with Crippen LogP contribution in [0.5, 0.6) is 0 Å². The quantitative estimate of drug-likeness (QED) is 0.692. The largest absolute Gasteiger partial charge is 0.480 e. The summed E-state index contributed by atoms with van der Waals surface area (Å²) in [6.45, 7) is 3.68. The van der Waals surface area contributed by atoms with Crippen molar-refractivity contribution in [2.75, 3.05) is 6.54 Å². The molecule has 1 aliphatic rings. The Hall–Kier alpha value is -1.89. The summed E-state index contributed by atoms with van der Waals surface area (Å²) in [5.74, 6) is -1.37. The Kier molecular flexibility index (Phi) is 3.57. The summed E-state index contributed by atoms with van der Waals surface area (Å²) in [7, 11) is 0. The van der Waals surface area contributed by atoms with E-state index in [4.69, 9.17) is 5.11 Å². The molecule has 104 valence electrons. The molecule has 2 heterocycles. The number of aromatic nitrogens is 2. The Labute approximate surface area is 110 Å². The number of aromatic amines is 1. The van der Waals surface area contributed by atoms with Gasteiger partial charge in [0, 0.05) is 24.2 Å². The van der Waals surface area contributed by atoms with Gasteiger partial charge in [-0.05, 0) is 13.8 Å². The van der Waals surface area contributed by atoms with Crippen molar-refractivity contribution in [2.24, 2.45) is 0 Å². The van der Waals surface area contributed by atoms with Crippen molar-refractivity contribution in [1.29, 1.82) is 0 Å². The average molecular weight is 267 g/mol. The zero-order chi connectivity index (χ0) is 14.2. The summed E-state index contributed by atoms with van der Waals surface area (Å²) in [6.07, 6.45) is -0.577. The molecule has 1 saturated heterocycles. The first-order chi connectivity index (χ1) is 8.90. The zero-order valence-corrected chi connectivity index (χ0v) is 10.9. The van der Waals surface area contributed by atoms with E-state index in [-0.39, 0.29) is 25.3 Å². The van der Waals surface area contributed by atoms with Crippen LogP contribution in [0.1, 0.15) is 23.4 Å². The molecule has 0 bridgehead atoms. The molecule has 2 rings (SSSR count). The van der Waals surface area contributed by atoms with E-state index in [1.165, 1.54) is 4.90 Å². The first kappa shape index (κ1) is 13.5. The van der Waals surface area contributed by atoms with Gasteiger partial charge in [0.25, 0.3) is 0 Å². The molecule has 0 radical (unpaired) electrons. The summed E-state index contributed by atoms with van der Waals surface area (Å²) >= 11 is 0. The van der Waals surface area contributed by atoms with Crippen LogP contribution >= 0.6 is 0 Å². The highest BCUT2D eigenvalue weighted by Gasteiger charge is 2.38. The molecule has 0 spiro atoms. The van der Waals surface area contributed by atoms with E-state index in [1.807, 2.05) is 6.92 Å². The number of nitrogens with zero attached hydrogens (tertiary/aromatic N) is 2. The van der Waals surface area contributed by atoms with Crippen molar-refractivity contribution in [3.63, 3.8) is 0 Å². The van der Waals surface area contributed by atoms with Crippen LogP contribution in [0.3, 0.4) is 0 Å². The molecule has 1 fully saturated rings. The number of H-pyrrole nitrogens is 1. The molecule has 1 amide bonds. The lowest BCUT2D eigenvalue weighted by Gasteiger charge is -2.21. The molecule has 1 aliphatic heterocycles. The molecular weight excluding hydrogens is 250 g/mol. The molecule has 7 nitrogen and oxygen atoms in total. The van der Waals surface area contributed by atoms with Crippen LogP contribution in [-0.2, 0) is 16.0 Å². The number of carboxylic acid groups (broad SMARTS) is 1. The topological polar surface area (TPSA) is 107 Å². The number of carboxylic acids is 1. The van der Waals surface area contributed by atoms with Gasteiger partial charge >= 0.3 is 5.97 Å². The number of likely N-dealkylation sites (tertiary alicyclic amines) is 1. The van der Waals surface area contributed by atoms with Gasteiger partial charge in [0.2, 0.25) is 5.91 Å². The summed E-state index contributed by atoms with van der Waals surface area (Å²) in [5.41, 5.74) is 2.32. The standard InChI is InChI=1S/C12H17N3O4/c1-6-9(7(2)14-13-6)4-11(17)15-5-8(16)3-10(15)12(18)19/h8,10,16H,3-5H2,1-2H3,(H,13,14)(H,18,19). The van der Waals surface area contributed by atoms with Crippen LogP contribution in [0, 0.1) is 13.8 Å². The molecule has 2 unspecified atom stereocenters. The number of aliphatic hydroxyl groups is 1. The fourth-order valence-corrected chi connectivity index (χ4v) is 2.41. The Bertz CT molecular complexity index is 492. The van der Waals surface area contributed by atoms with Crippen molar-refractivity contribution in [2.45, 2.75) is 38.8 Å². The molecule has 19 heavy (non-hydrogen) atoms. The minimum Gasteiger partial charge on any atom is -0.480 e. The van der Waals surface area contributed by atoms with E-state index in [0.717, 1.165) is 17.0 Å². The first-order valence-corrected chi connectivity index (χ1v) is 6.11. The minimum atomic E-state index is -1.08. The van der Waals surface area contributed by atoms with Crippen LogP contribution in [0.15, 0.2) is 0 Å². The SMILES string of the molecule is Cc1n[nH]c(C)c1CC(=O)N1CC(O)CC1C(=O)O. The van der Waals surface area contributed by atoms with Crippen molar-refractivity contribution in [3.05, 3.63) is 17.0 Å². The van der Waals surface area contributed by atoms with E-state index < -0.39 is 18.1 Å². The molecule has 3 N–H and O–H groups in total. The monoisotopic (exact) mass is 267 g/mol. The fraction of sp³-hybridized carbons (Fsp3) is 0.583. The van der Waals surface area contributed by atoms with E-state index in [9.17, 15) is 14.7 Å². The minimum absolute atomic E-state index is 0.0751. The second kappa shape index (κ2) is 5.00. The number of aryl methyl sites for hydroxylation is 2. The summed E-state index contributed by atoms with van der Waals surface area (Å²) in [5, 5.41) is 25.4. The van der Waals surface area contributed by atoms with Gasteiger partial charge in [0.1, 0.15) is 6.04 Å². The maximum Gasteiger partial charge on any atom is 0.326 e. The number of hydrogen-bond donors (Lipinski definition) is 3. The molecule has 1 aromatic rings. The lowest BCUT2D eigenvalue weighted by atomic mass is 10.1. The summed E-state index contributed by atoms with van der Waals surface area (Å²) in [6, 6.07) is -0.935. The number of carbonyl (C=O) groups is 2. The highest BCUT2D eigenvalue weighted by molar-refractivity contribution is 5.86. The Morgan fingerprint density at radius 2 is 2.16 bits per heavy atom. The second-order valence-electron chi connectivity index (χ2n) is 4.88. The second-order valence-corrected chi connectivity index (χ2v) is 4.88. The lowest BCUT2D eigenvalue weighted by Crippen LogP contribution is -2.41. The maximum absolute atomic E-state index is 12.2. The van der Waals surface area contributed by atoms with Gasteiger partial charge in [-0.25, -0.2) is 4.79 Å². The molecule has 0 aromatic carbocycles. The summed E-state index contributed by atoms with van der Waals surface area (Å²) < 4.78 is 0. The van der Waals surface area contributed by atoms with Gasteiger partial charge in [-0.3, -0.25) is 9.89 Å². The zero-order valence-electron chi connectivity index (χ0n) is 10.9. The molecule has 0 saturated carbocycles. The maximum atomic E-state index is 12.2. The van der Waals surface area contributed by atoms with Crippen LogP contribution in [0.25, 0.3) is 0 Å². The number of β-amino-alcohol motifs (C(OH)–C–C–N with tert-alkyl or cyclic N) is 1. The van der Waals surface area contributed by atoms with Crippen molar-refractivity contribution in [3.8, 4) is 0 Å². The highest BCUT2D eigenvalue weighted by Crippen LogP contribution is 2.20. The number of hydrogen-bond acceptors (Lipinski definition) is 4. The fourth-order valence-electron chi connectivity index (χ4n) is 2.41. The molecule has 1 aromatic heterocycles. The summed E-state index contributed by atoms with van der Waals surface area (Å²) in [4.78, 5) is 24.5. The highest BCUT2D eigenvalue weighted by atomic mass is 16.4. The number of carbonyl (C=O) groups excluding carboxylic acids is 1. The number of rotatable bonds is 3. The van der Waals surface area contributed by atoms with E-state index in [0.29, 0.717) is 0 Å².